The molecular weight excluding hydrogens is 296 g/mol. The summed E-state index contributed by atoms with van der Waals surface area (Å²) in [5.41, 5.74) is 10.3. The van der Waals surface area contributed by atoms with Crippen LogP contribution in [-0.2, 0) is 9.63 Å². The van der Waals surface area contributed by atoms with Crippen molar-refractivity contribution in [2.45, 2.75) is 37.5 Å². The van der Waals surface area contributed by atoms with E-state index in [2.05, 4.69) is 15.3 Å². The van der Waals surface area contributed by atoms with Crippen LogP contribution >= 0.6 is 11.8 Å². The average molecular weight is 322 g/mol. The van der Waals surface area contributed by atoms with Crippen LogP contribution in [0.5, 0.6) is 0 Å². The Morgan fingerprint density at radius 3 is 2.48 bits per heavy atom. The average Bonchev–Trinajstić information content (AvgIpc) is 2.44. The van der Waals surface area contributed by atoms with Crippen LogP contribution in [0.3, 0.4) is 0 Å². The molecule has 6 N–H and O–H groups in total. The van der Waals surface area contributed by atoms with E-state index in [1.807, 2.05) is 20.1 Å². The number of nitrogens with zero attached hydrogens (tertiary/aromatic N) is 1. The molecule has 0 aromatic carbocycles. The molecule has 0 bridgehead atoms. The fourth-order valence-electron chi connectivity index (χ4n) is 0.761. The van der Waals surface area contributed by atoms with Gasteiger partial charge in [0.25, 0.3) is 0 Å². The highest BCUT2D eigenvalue weighted by Crippen LogP contribution is 2.17. The number of rotatable bonds is 7. The Balaban J connectivity index is 0. The molecule has 124 valence electrons. The van der Waals surface area contributed by atoms with Gasteiger partial charge in [-0.1, -0.05) is 5.16 Å². The van der Waals surface area contributed by atoms with Gasteiger partial charge in [-0.05, 0) is 39.5 Å². The zero-order valence-corrected chi connectivity index (χ0v) is 13.8. The number of hydrogen-bond acceptors (Lipinski definition) is 7. The maximum atomic E-state index is 10.5. The number of oxime groups is 1. The number of hydrogen-bond donors (Lipinski definition) is 4. The molecule has 8 nitrogen and oxygen atoms in total. The van der Waals surface area contributed by atoms with Crippen molar-refractivity contribution in [3.05, 3.63) is 0 Å². The summed E-state index contributed by atoms with van der Waals surface area (Å²) in [5.74, 6) is -0.955. The lowest BCUT2D eigenvalue weighted by atomic mass is 10.2. The van der Waals surface area contributed by atoms with Crippen molar-refractivity contribution in [2.75, 3.05) is 19.8 Å². The van der Waals surface area contributed by atoms with Gasteiger partial charge in [0.15, 0.2) is 0 Å². The van der Waals surface area contributed by atoms with Crippen molar-refractivity contribution >= 4 is 30.0 Å². The summed E-state index contributed by atoms with van der Waals surface area (Å²) in [6.07, 6.45) is 4.14. The second kappa shape index (κ2) is 12.4. The van der Waals surface area contributed by atoms with Gasteiger partial charge in [-0.2, -0.15) is 11.8 Å². The molecule has 9 heteroatoms. The van der Waals surface area contributed by atoms with Crippen molar-refractivity contribution in [1.29, 1.82) is 0 Å². The van der Waals surface area contributed by atoms with Crippen molar-refractivity contribution in [2.24, 2.45) is 16.6 Å². The molecule has 0 fully saturated rings. The lowest BCUT2D eigenvalue weighted by Gasteiger charge is -2.13. The van der Waals surface area contributed by atoms with Gasteiger partial charge in [0.2, 0.25) is 0 Å². The van der Waals surface area contributed by atoms with Crippen molar-refractivity contribution < 1.29 is 19.5 Å². The van der Waals surface area contributed by atoms with Crippen LogP contribution in [0.15, 0.2) is 5.16 Å². The van der Waals surface area contributed by atoms with E-state index in [1.54, 1.807) is 18.0 Å². The van der Waals surface area contributed by atoms with Crippen molar-refractivity contribution in [3.63, 3.8) is 0 Å². The van der Waals surface area contributed by atoms with E-state index in [9.17, 15) is 9.59 Å². The monoisotopic (exact) mass is 322 g/mol. The quantitative estimate of drug-likeness (QED) is 0.306. The molecule has 1 amide bonds. The predicted octanol–water partition coefficient (Wildman–Crippen LogP) is 0.607. The fraction of sp³-hybridized carbons (Fsp3) is 0.750. The Kier molecular flexibility index (Phi) is 13.0. The Labute approximate surface area is 129 Å². The third-order valence-electron chi connectivity index (χ3n) is 2.27. The highest BCUT2D eigenvalue weighted by molar-refractivity contribution is 8.00. The first-order valence-electron chi connectivity index (χ1n) is 6.37. The molecule has 0 aliphatic heterocycles. The van der Waals surface area contributed by atoms with Crippen LogP contribution < -0.4 is 16.8 Å². The number of thioether (sulfide) groups is 1. The summed E-state index contributed by atoms with van der Waals surface area (Å²) in [7, 11) is 1.48. The molecule has 0 aromatic rings. The smallest absolute Gasteiger partial charge is 0.433 e. The maximum Gasteiger partial charge on any atom is 0.433 e. The number of amides is 1. The van der Waals surface area contributed by atoms with Crippen LogP contribution in [0.2, 0.25) is 0 Å². The van der Waals surface area contributed by atoms with Crippen LogP contribution in [-0.4, -0.2) is 54.0 Å². The normalized spacial score (nSPS) is 12.3. The van der Waals surface area contributed by atoms with Gasteiger partial charge in [-0.25, -0.2) is 4.79 Å². The molecule has 0 heterocycles. The molecule has 0 saturated carbocycles. The minimum atomic E-state index is -0.955. The summed E-state index contributed by atoms with van der Waals surface area (Å²) >= 11 is 1.63. The predicted molar refractivity (Wildman–Crippen MR) is 85.5 cm³/mol. The zero-order valence-electron chi connectivity index (χ0n) is 13.0. The largest absolute Gasteiger partial charge is 0.480 e. The fourth-order valence-corrected chi connectivity index (χ4v) is 0.909. The maximum absolute atomic E-state index is 10.5. The number of nitrogens with two attached hydrogens (primary N) is 2. The van der Waals surface area contributed by atoms with E-state index < -0.39 is 18.1 Å². The number of carbonyl (C=O) groups is 2. The molecule has 21 heavy (non-hydrogen) atoms. The summed E-state index contributed by atoms with van der Waals surface area (Å²) in [4.78, 5) is 25.0. The number of aliphatic carboxylic acids is 1. The lowest BCUT2D eigenvalue weighted by molar-refractivity contribution is -0.138. The van der Waals surface area contributed by atoms with Gasteiger partial charge >= 0.3 is 12.1 Å². The Morgan fingerprint density at radius 1 is 1.52 bits per heavy atom. The lowest BCUT2D eigenvalue weighted by Crippen LogP contribution is -2.30. The summed E-state index contributed by atoms with van der Waals surface area (Å²) < 4.78 is -0.103. The highest BCUT2D eigenvalue weighted by atomic mass is 32.2. The molecule has 0 radical (unpaired) electrons. The highest BCUT2D eigenvalue weighted by Gasteiger charge is 2.12. The van der Waals surface area contributed by atoms with Crippen molar-refractivity contribution in [3.8, 4) is 0 Å². The van der Waals surface area contributed by atoms with Gasteiger partial charge in [-0.15, -0.1) is 0 Å². The molecule has 0 aliphatic carbocycles. The first-order valence-corrected chi connectivity index (χ1v) is 7.59. The van der Waals surface area contributed by atoms with E-state index in [-0.39, 0.29) is 4.75 Å². The molecule has 0 aromatic heterocycles. The van der Waals surface area contributed by atoms with Crippen LogP contribution in [0.4, 0.5) is 4.79 Å². The van der Waals surface area contributed by atoms with E-state index in [4.69, 9.17) is 16.6 Å². The van der Waals surface area contributed by atoms with Gasteiger partial charge in [0.1, 0.15) is 6.04 Å². The van der Waals surface area contributed by atoms with E-state index in [0.717, 1.165) is 0 Å². The van der Waals surface area contributed by atoms with Crippen LogP contribution in [0, 0.1) is 0 Å². The topological polar surface area (TPSA) is 140 Å². The van der Waals surface area contributed by atoms with Gasteiger partial charge in [-0.3, -0.25) is 9.63 Å². The van der Waals surface area contributed by atoms with Gasteiger partial charge in [0.05, 0.1) is 6.21 Å². The molecule has 1 atom stereocenters. The van der Waals surface area contributed by atoms with E-state index in [0.29, 0.717) is 19.4 Å². The second-order valence-electron chi connectivity index (χ2n) is 4.55. The summed E-state index contributed by atoms with van der Waals surface area (Å²) in [5, 5.41) is 14.1. The minimum Gasteiger partial charge on any atom is -0.480 e. The van der Waals surface area contributed by atoms with E-state index >= 15 is 0 Å². The first kappa shape index (κ1) is 22.0. The van der Waals surface area contributed by atoms with Crippen LogP contribution in [0.1, 0.15) is 26.7 Å². The molecule has 0 rings (SSSR count). The third kappa shape index (κ3) is 14.9. The van der Waals surface area contributed by atoms with Gasteiger partial charge < -0.3 is 21.9 Å². The Bertz CT molecular complexity index is 337. The number of nitrogens with one attached hydrogen (secondary N) is 1. The first-order chi connectivity index (χ1) is 9.70. The van der Waals surface area contributed by atoms with Gasteiger partial charge in [0, 0.05) is 11.8 Å². The summed E-state index contributed by atoms with van der Waals surface area (Å²) in [6, 6.07) is -0.742. The third-order valence-corrected chi connectivity index (χ3v) is 3.42. The SMILES string of the molecule is CNC(=O)O/N=C/C(C)(C)SC.NCCCC(N)C(=O)O. The number of carboxylic acids is 1. The zero-order chi connectivity index (χ0) is 16.9. The molecule has 0 spiro atoms. The Hall–Kier alpha value is -1.32. The Morgan fingerprint density at radius 2 is 2.10 bits per heavy atom. The molecular formula is C12H26N4O4S. The minimum absolute atomic E-state index is 0.103. The molecule has 0 saturated heterocycles. The second-order valence-corrected chi connectivity index (χ2v) is 6.01. The van der Waals surface area contributed by atoms with Crippen LogP contribution in [0.25, 0.3) is 0 Å². The number of carbonyl (C=O) groups excluding carboxylic acids is 1. The van der Waals surface area contributed by atoms with E-state index in [1.165, 1.54) is 7.05 Å². The number of carboxylic acid groups (broad SMARTS) is 1. The van der Waals surface area contributed by atoms with Crippen molar-refractivity contribution in [1.82, 2.24) is 5.32 Å². The standard InChI is InChI=1S/C7H14N2O2S.C5H12N2O2/c1-7(2,12-4)5-9-11-6(10)8-3;6-3-1-2-4(7)5(8)9/h5H,1-4H3,(H,8,10);4H,1-3,6-7H2,(H,8,9)/b9-5+;. The summed E-state index contributed by atoms with van der Waals surface area (Å²) in [6.45, 7) is 4.46. The molecule has 1 unspecified atom stereocenters. The molecule has 0 aliphatic rings.